The molecule has 0 unspecified atom stereocenters. The fourth-order valence-electron chi connectivity index (χ4n) is 7.88. The van der Waals surface area contributed by atoms with Gasteiger partial charge in [0.1, 0.15) is 11.0 Å². The zero-order valence-electron chi connectivity index (χ0n) is 27.1. The van der Waals surface area contributed by atoms with Crippen molar-refractivity contribution in [2.24, 2.45) is 0 Å². The average molecular weight is 671 g/mol. The Labute approximate surface area is 295 Å². The van der Waals surface area contributed by atoms with E-state index in [-0.39, 0.29) is 0 Å². The van der Waals surface area contributed by atoms with Crippen LogP contribution in [-0.4, -0.2) is 27.8 Å². The summed E-state index contributed by atoms with van der Waals surface area (Å²) >= 11 is 1.27. The highest BCUT2D eigenvalue weighted by Crippen LogP contribution is 2.44. The van der Waals surface area contributed by atoms with E-state index in [1.807, 2.05) is 18.2 Å². The van der Waals surface area contributed by atoms with E-state index in [9.17, 15) is 0 Å². The average Bonchev–Trinajstić information content (AvgIpc) is 3.91. The summed E-state index contributed by atoms with van der Waals surface area (Å²) in [4.78, 5) is 10.5. The molecule has 0 radical (unpaired) electrons. The topological polar surface area (TPSA) is 61.4 Å². The van der Waals surface area contributed by atoms with Crippen LogP contribution in [0.2, 0.25) is 0 Å². The van der Waals surface area contributed by atoms with Gasteiger partial charge in [-0.2, -0.15) is 8.75 Å². The molecular weight excluding hydrogens is 645 g/mol. The highest BCUT2D eigenvalue weighted by Gasteiger charge is 2.24. The summed E-state index contributed by atoms with van der Waals surface area (Å²) in [5.74, 6) is 0.635. The first-order valence-electron chi connectivity index (χ1n) is 16.9. The van der Waals surface area contributed by atoms with Gasteiger partial charge < -0.3 is 4.57 Å². The summed E-state index contributed by atoms with van der Waals surface area (Å²) in [5.41, 5.74) is 12.3. The van der Waals surface area contributed by atoms with E-state index in [1.54, 1.807) is 0 Å². The van der Waals surface area contributed by atoms with Gasteiger partial charge in [-0.15, -0.1) is 0 Å². The lowest BCUT2D eigenvalue weighted by Crippen LogP contribution is -2.03. The van der Waals surface area contributed by atoms with E-state index in [0.29, 0.717) is 5.95 Å². The lowest BCUT2D eigenvalue weighted by atomic mass is 9.96. The maximum atomic E-state index is 5.30. The van der Waals surface area contributed by atoms with Gasteiger partial charge in [-0.3, -0.25) is 4.57 Å². The summed E-state index contributed by atoms with van der Waals surface area (Å²) in [5, 5.41) is 5.56. The molecule has 0 aliphatic carbocycles. The summed E-state index contributed by atoms with van der Waals surface area (Å²) < 4.78 is 14.5. The molecule has 0 bridgehead atoms. The molecule has 0 aliphatic heterocycles. The second kappa shape index (κ2) is 10.9. The first kappa shape index (κ1) is 28.2. The minimum Gasteiger partial charge on any atom is -0.309 e. The molecule has 11 rings (SSSR count). The number of rotatable bonds is 4. The Balaban J connectivity index is 1.25. The van der Waals surface area contributed by atoms with Gasteiger partial charge in [-0.05, 0) is 48.0 Å². The minimum absolute atomic E-state index is 0.635. The summed E-state index contributed by atoms with van der Waals surface area (Å²) in [6.07, 6.45) is 0. The quantitative estimate of drug-likeness (QED) is 0.187. The third kappa shape index (κ3) is 4.09. The molecule has 7 heteroatoms. The van der Waals surface area contributed by atoms with Crippen LogP contribution in [0.1, 0.15) is 0 Å². The highest BCUT2D eigenvalue weighted by molar-refractivity contribution is 7.00. The molecule has 0 saturated heterocycles. The van der Waals surface area contributed by atoms with E-state index in [2.05, 4.69) is 149 Å². The Morgan fingerprint density at radius 2 is 1.06 bits per heavy atom. The van der Waals surface area contributed by atoms with Crippen LogP contribution >= 0.6 is 11.7 Å². The molecule has 0 spiro atoms. The van der Waals surface area contributed by atoms with E-state index < -0.39 is 0 Å². The second-order valence-corrected chi connectivity index (χ2v) is 13.3. The zero-order chi connectivity index (χ0) is 33.5. The van der Waals surface area contributed by atoms with E-state index in [1.165, 1.54) is 11.7 Å². The van der Waals surface area contributed by atoms with Crippen molar-refractivity contribution >= 4 is 77.3 Å². The number of fused-ring (bicyclic) bond motifs is 9. The maximum Gasteiger partial charge on any atom is 0.235 e. The van der Waals surface area contributed by atoms with Gasteiger partial charge >= 0.3 is 0 Å². The van der Waals surface area contributed by atoms with Crippen molar-refractivity contribution in [1.82, 2.24) is 27.8 Å². The van der Waals surface area contributed by atoms with Crippen molar-refractivity contribution < 1.29 is 0 Å². The smallest absolute Gasteiger partial charge is 0.235 e. The van der Waals surface area contributed by atoms with Crippen LogP contribution in [0.25, 0.3) is 99.6 Å². The molecule has 0 saturated carbocycles. The Kier molecular flexibility index (Phi) is 6.02. The molecule has 4 heterocycles. The second-order valence-electron chi connectivity index (χ2n) is 12.8. The summed E-state index contributed by atoms with van der Waals surface area (Å²) in [6.45, 7) is 0. The molecular formula is C44H26N6S. The molecule has 6 nitrogen and oxygen atoms in total. The van der Waals surface area contributed by atoms with E-state index in [4.69, 9.17) is 18.7 Å². The predicted molar refractivity (Wildman–Crippen MR) is 210 cm³/mol. The molecule has 0 atom stereocenters. The van der Waals surface area contributed by atoms with Crippen LogP contribution < -0.4 is 0 Å². The van der Waals surface area contributed by atoms with Gasteiger partial charge in [0, 0.05) is 43.7 Å². The van der Waals surface area contributed by atoms with Crippen LogP contribution in [0.4, 0.5) is 0 Å². The number of hydrogen-bond donors (Lipinski definition) is 0. The molecule has 0 aliphatic rings. The molecule has 7 aromatic carbocycles. The van der Waals surface area contributed by atoms with Gasteiger partial charge in [0.2, 0.25) is 5.95 Å². The first-order chi connectivity index (χ1) is 25.3. The monoisotopic (exact) mass is 670 g/mol. The number of nitrogens with zero attached hydrogens (tertiary/aromatic N) is 6. The van der Waals surface area contributed by atoms with Crippen LogP contribution in [-0.2, 0) is 0 Å². The highest BCUT2D eigenvalue weighted by atomic mass is 32.1. The van der Waals surface area contributed by atoms with Gasteiger partial charge in [-0.25, -0.2) is 9.97 Å². The first-order valence-corrected chi connectivity index (χ1v) is 17.7. The minimum atomic E-state index is 0.635. The molecule has 238 valence electrons. The molecule has 4 aromatic heterocycles. The Hall–Kier alpha value is -6.70. The molecule has 0 N–H and O–H groups in total. The standard InChI is InChI=1S/C44H26N6S/c1-3-14-27(15-4-1)41-30-18-7-10-22-34(30)45-44(46-41)50-36-24-12-8-19-31(36)39-29(21-13-25-37(39)50)33-26-38-40(43-42(33)47-51-48-43)32-20-9-11-23-35(32)49(38)28-16-5-2-6-17-28/h1-26H. The van der Waals surface area contributed by atoms with Crippen molar-refractivity contribution in [3.8, 4) is 34.0 Å². The van der Waals surface area contributed by atoms with Gasteiger partial charge in [0.05, 0.1) is 45.0 Å². The van der Waals surface area contributed by atoms with Crippen molar-refractivity contribution in [2.45, 2.75) is 0 Å². The lowest BCUT2D eigenvalue weighted by molar-refractivity contribution is 1.01. The molecule has 0 amide bonds. The number of aromatic nitrogens is 6. The lowest BCUT2D eigenvalue weighted by Gasteiger charge is -2.12. The van der Waals surface area contributed by atoms with E-state index in [0.717, 1.165) is 93.6 Å². The Bertz CT molecular complexity index is 3140. The third-order valence-corrected chi connectivity index (χ3v) is 10.5. The van der Waals surface area contributed by atoms with Crippen molar-refractivity contribution in [1.29, 1.82) is 0 Å². The molecule has 51 heavy (non-hydrogen) atoms. The number of para-hydroxylation sites is 4. The fourth-order valence-corrected chi connectivity index (χ4v) is 8.45. The molecule has 11 aromatic rings. The van der Waals surface area contributed by atoms with Crippen LogP contribution in [0.3, 0.4) is 0 Å². The summed E-state index contributed by atoms with van der Waals surface area (Å²) in [6, 6.07) is 55.2. The Morgan fingerprint density at radius 1 is 0.431 bits per heavy atom. The predicted octanol–water partition coefficient (Wildman–Crippen LogP) is 11.2. The number of benzene rings is 7. The SMILES string of the molecule is c1ccc(-c2nc(-n3c4ccccc4c4c(-c5cc6c(c7ccccc7n6-c6ccccc6)c6nsnc56)cccc43)nc3ccccc23)cc1. The normalized spacial score (nSPS) is 11.9. The van der Waals surface area contributed by atoms with Crippen molar-refractivity contribution in [3.63, 3.8) is 0 Å². The van der Waals surface area contributed by atoms with Gasteiger partial charge in [0.25, 0.3) is 0 Å². The van der Waals surface area contributed by atoms with Gasteiger partial charge in [-0.1, -0.05) is 115 Å². The van der Waals surface area contributed by atoms with Crippen LogP contribution in [0.5, 0.6) is 0 Å². The van der Waals surface area contributed by atoms with Crippen molar-refractivity contribution in [2.75, 3.05) is 0 Å². The fraction of sp³-hybridized carbons (Fsp3) is 0. The van der Waals surface area contributed by atoms with Crippen LogP contribution in [0.15, 0.2) is 158 Å². The molecule has 0 fully saturated rings. The van der Waals surface area contributed by atoms with E-state index >= 15 is 0 Å². The largest absolute Gasteiger partial charge is 0.309 e. The van der Waals surface area contributed by atoms with Crippen molar-refractivity contribution in [3.05, 3.63) is 158 Å². The van der Waals surface area contributed by atoms with Crippen LogP contribution in [0, 0.1) is 0 Å². The Morgan fingerprint density at radius 3 is 1.86 bits per heavy atom. The van der Waals surface area contributed by atoms with Gasteiger partial charge in [0.15, 0.2) is 0 Å². The maximum absolute atomic E-state index is 5.30. The zero-order valence-corrected chi connectivity index (χ0v) is 27.9. The number of hydrogen-bond acceptors (Lipinski definition) is 5. The third-order valence-electron chi connectivity index (χ3n) is 10.0. The summed E-state index contributed by atoms with van der Waals surface area (Å²) in [7, 11) is 0.